The van der Waals surface area contributed by atoms with Crippen molar-refractivity contribution in [1.29, 1.82) is 0 Å². The molecule has 1 aliphatic rings. The van der Waals surface area contributed by atoms with Crippen molar-refractivity contribution in [3.8, 4) is 0 Å². The molecule has 0 bridgehead atoms. The molecule has 4 heteroatoms. The Morgan fingerprint density at radius 3 is 2.50 bits per heavy atom. The molecule has 1 aromatic carbocycles. The fourth-order valence-corrected chi connectivity index (χ4v) is 2.12. The van der Waals surface area contributed by atoms with Gasteiger partial charge in [-0.15, -0.1) is 0 Å². The lowest BCUT2D eigenvalue weighted by Crippen LogP contribution is -2.31. The van der Waals surface area contributed by atoms with Crippen LogP contribution in [-0.2, 0) is 11.3 Å². The third-order valence-electron chi connectivity index (χ3n) is 3.00. The normalized spacial score (nSPS) is 19.5. The molecule has 4 nitrogen and oxygen atoms in total. The zero-order valence-electron chi connectivity index (χ0n) is 10.7. The van der Waals surface area contributed by atoms with Crippen molar-refractivity contribution in [2.75, 3.05) is 0 Å². The number of carbonyl (C=O) groups excluding carboxylic acids is 2. The van der Waals surface area contributed by atoms with E-state index < -0.39 is 0 Å². The van der Waals surface area contributed by atoms with Crippen molar-refractivity contribution in [2.45, 2.75) is 32.9 Å². The number of nitrogens with one attached hydrogen (secondary N) is 1. The lowest BCUT2D eigenvalue weighted by molar-refractivity contribution is -0.128. The van der Waals surface area contributed by atoms with Gasteiger partial charge in [-0.2, -0.15) is 0 Å². The molecular weight excluding hydrogens is 228 g/mol. The van der Waals surface area contributed by atoms with Crippen LogP contribution in [-0.4, -0.2) is 22.9 Å². The second kappa shape index (κ2) is 5.21. The summed E-state index contributed by atoms with van der Waals surface area (Å²) in [5, 5.41) is 2.74. The predicted octanol–water partition coefficient (Wildman–Crippen LogP) is 2.15. The Labute approximate surface area is 107 Å². The Morgan fingerprint density at radius 2 is 1.89 bits per heavy atom. The number of benzene rings is 1. The van der Waals surface area contributed by atoms with Gasteiger partial charge in [-0.3, -0.25) is 9.69 Å². The summed E-state index contributed by atoms with van der Waals surface area (Å²) < 4.78 is 0. The minimum absolute atomic E-state index is 0.113. The summed E-state index contributed by atoms with van der Waals surface area (Å²) in [6, 6.07) is 8.90. The van der Waals surface area contributed by atoms with Crippen molar-refractivity contribution in [2.24, 2.45) is 5.92 Å². The van der Waals surface area contributed by atoms with E-state index in [0.717, 1.165) is 5.56 Å². The Bertz CT molecular complexity index is 442. The Morgan fingerprint density at radius 1 is 1.22 bits per heavy atom. The zero-order chi connectivity index (χ0) is 13.1. The summed E-state index contributed by atoms with van der Waals surface area (Å²) in [6.45, 7) is 4.43. The Hall–Kier alpha value is -1.84. The van der Waals surface area contributed by atoms with Crippen molar-refractivity contribution >= 4 is 11.9 Å². The lowest BCUT2D eigenvalue weighted by Gasteiger charge is -2.13. The van der Waals surface area contributed by atoms with E-state index in [1.54, 1.807) is 0 Å². The summed E-state index contributed by atoms with van der Waals surface area (Å²) in [5.41, 5.74) is 0.964. The van der Waals surface area contributed by atoms with Gasteiger partial charge in [0, 0.05) is 0 Å². The van der Waals surface area contributed by atoms with Gasteiger partial charge in [0.2, 0.25) is 0 Å². The van der Waals surface area contributed by atoms with Crippen LogP contribution >= 0.6 is 0 Å². The van der Waals surface area contributed by atoms with Crippen LogP contribution in [0.4, 0.5) is 4.79 Å². The van der Waals surface area contributed by atoms with Crippen LogP contribution in [0.15, 0.2) is 30.3 Å². The van der Waals surface area contributed by atoms with Gasteiger partial charge in [0.1, 0.15) is 6.04 Å². The monoisotopic (exact) mass is 246 g/mol. The second-order valence-electron chi connectivity index (χ2n) is 5.04. The molecule has 1 atom stereocenters. The van der Waals surface area contributed by atoms with E-state index in [0.29, 0.717) is 18.9 Å². The van der Waals surface area contributed by atoms with Crippen LogP contribution < -0.4 is 5.32 Å². The molecule has 3 amide bonds. The quantitative estimate of drug-likeness (QED) is 0.828. The SMILES string of the molecule is CC(C)C[C@@H]1NC(=O)N(Cc2ccccc2)C1=O. The fraction of sp³-hybridized carbons (Fsp3) is 0.429. The molecule has 1 aromatic rings. The number of hydrogen-bond acceptors (Lipinski definition) is 2. The molecule has 0 radical (unpaired) electrons. The van der Waals surface area contributed by atoms with E-state index in [1.165, 1.54) is 4.90 Å². The van der Waals surface area contributed by atoms with Gasteiger partial charge in [-0.05, 0) is 17.9 Å². The van der Waals surface area contributed by atoms with E-state index in [1.807, 2.05) is 44.2 Å². The first-order valence-electron chi connectivity index (χ1n) is 6.23. The Balaban J connectivity index is 2.06. The molecule has 0 aliphatic carbocycles. The van der Waals surface area contributed by atoms with Crippen molar-refractivity contribution in [1.82, 2.24) is 10.2 Å². The highest BCUT2D eigenvalue weighted by molar-refractivity contribution is 6.04. The molecule has 1 heterocycles. The summed E-state index contributed by atoms with van der Waals surface area (Å²) in [4.78, 5) is 25.2. The van der Waals surface area contributed by atoms with Gasteiger partial charge >= 0.3 is 6.03 Å². The summed E-state index contributed by atoms with van der Waals surface area (Å²) in [5.74, 6) is 0.272. The topological polar surface area (TPSA) is 49.4 Å². The molecule has 0 unspecified atom stereocenters. The third-order valence-corrected chi connectivity index (χ3v) is 3.00. The molecule has 96 valence electrons. The van der Waals surface area contributed by atoms with Gasteiger partial charge in [0.25, 0.3) is 5.91 Å². The molecule has 1 saturated heterocycles. The van der Waals surface area contributed by atoms with E-state index >= 15 is 0 Å². The molecule has 1 fully saturated rings. The van der Waals surface area contributed by atoms with Gasteiger partial charge in [-0.1, -0.05) is 44.2 Å². The van der Waals surface area contributed by atoms with E-state index in [-0.39, 0.29) is 18.0 Å². The minimum atomic E-state index is -0.360. The van der Waals surface area contributed by atoms with Crippen LogP contribution in [0, 0.1) is 5.92 Å². The van der Waals surface area contributed by atoms with Gasteiger partial charge in [0.05, 0.1) is 6.54 Å². The first kappa shape index (κ1) is 12.6. The maximum Gasteiger partial charge on any atom is 0.325 e. The van der Waals surface area contributed by atoms with Crippen molar-refractivity contribution in [3.05, 3.63) is 35.9 Å². The number of imide groups is 1. The highest BCUT2D eigenvalue weighted by Gasteiger charge is 2.37. The average Bonchev–Trinajstić information content (AvgIpc) is 2.58. The van der Waals surface area contributed by atoms with Gasteiger partial charge in [0.15, 0.2) is 0 Å². The van der Waals surface area contributed by atoms with Crippen LogP contribution in [0.25, 0.3) is 0 Å². The fourth-order valence-electron chi connectivity index (χ4n) is 2.12. The number of rotatable bonds is 4. The maximum atomic E-state index is 12.1. The molecule has 0 saturated carbocycles. The lowest BCUT2D eigenvalue weighted by atomic mass is 10.0. The number of hydrogen-bond donors (Lipinski definition) is 1. The summed E-state index contributed by atoms with van der Waals surface area (Å²) in [6.07, 6.45) is 0.690. The average molecular weight is 246 g/mol. The number of nitrogens with zero attached hydrogens (tertiary/aromatic N) is 1. The molecular formula is C14H18N2O2. The highest BCUT2D eigenvalue weighted by atomic mass is 16.2. The molecule has 2 rings (SSSR count). The van der Waals surface area contributed by atoms with E-state index in [9.17, 15) is 9.59 Å². The van der Waals surface area contributed by atoms with Crippen molar-refractivity contribution < 1.29 is 9.59 Å². The highest BCUT2D eigenvalue weighted by Crippen LogP contribution is 2.16. The smallest absolute Gasteiger partial charge is 0.325 e. The molecule has 0 aromatic heterocycles. The first-order valence-corrected chi connectivity index (χ1v) is 6.23. The molecule has 18 heavy (non-hydrogen) atoms. The van der Waals surface area contributed by atoms with Crippen LogP contribution in [0.1, 0.15) is 25.8 Å². The van der Waals surface area contributed by atoms with E-state index in [4.69, 9.17) is 0 Å². The van der Waals surface area contributed by atoms with Crippen molar-refractivity contribution in [3.63, 3.8) is 0 Å². The number of urea groups is 1. The van der Waals surface area contributed by atoms with Crippen LogP contribution in [0.2, 0.25) is 0 Å². The minimum Gasteiger partial charge on any atom is -0.326 e. The standard InChI is InChI=1S/C14H18N2O2/c1-10(2)8-12-13(17)16(14(18)15-12)9-11-6-4-3-5-7-11/h3-7,10,12H,8-9H2,1-2H3,(H,15,18)/t12-/m0/s1. The summed E-state index contributed by atoms with van der Waals surface area (Å²) in [7, 11) is 0. The molecule has 1 aliphatic heterocycles. The largest absolute Gasteiger partial charge is 0.326 e. The number of carbonyl (C=O) groups is 2. The zero-order valence-corrected chi connectivity index (χ0v) is 10.7. The third kappa shape index (κ3) is 2.70. The first-order chi connectivity index (χ1) is 8.58. The summed E-state index contributed by atoms with van der Waals surface area (Å²) >= 11 is 0. The van der Waals surface area contributed by atoms with Crippen LogP contribution in [0.3, 0.4) is 0 Å². The van der Waals surface area contributed by atoms with Gasteiger partial charge < -0.3 is 5.32 Å². The van der Waals surface area contributed by atoms with Gasteiger partial charge in [-0.25, -0.2) is 4.79 Å². The number of amides is 3. The second-order valence-corrected chi connectivity index (χ2v) is 5.04. The van der Waals surface area contributed by atoms with Crippen LogP contribution in [0.5, 0.6) is 0 Å². The maximum absolute atomic E-state index is 12.1. The Kier molecular flexibility index (Phi) is 3.65. The van der Waals surface area contributed by atoms with E-state index in [2.05, 4.69) is 5.32 Å². The predicted molar refractivity (Wildman–Crippen MR) is 68.8 cm³/mol. The molecule has 1 N–H and O–H groups in total. The molecule has 0 spiro atoms.